The molecule has 1 aliphatic carbocycles. The van der Waals surface area contributed by atoms with E-state index in [1.54, 1.807) is 60.7 Å². The number of hydrogen-bond donors (Lipinski definition) is 4. The first kappa shape index (κ1) is 24.4. The largest absolute Gasteiger partial charge is 0.481 e. The van der Waals surface area contributed by atoms with Gasteiger partial charge in [-0.15, -0.1) is 0 Å². The van der Waals surface area contributed by atoms with Crippen molar-refractivity contribution in [1.82, 2.24) is 16.0 Å². The lowest BCUT2D eigenvalue weighted by atomic mass is 10.0. The van der Waals surface area contributed by atoms with Crippen LogP contribution in [0.1, 0.15) is 22.3 Å². The van der Waals surface area contributed by atoms with Gasteiger partial charge in [-0.05, 0) is 24.1 Å². The lowest BCUT2D eigenvalue weighted by Crippen LogP contribution is -2.57. The molecular formula is C24H25N3O7. The topological polar surface area (TPSA) is 151 Å². The van der Waals surface area contributed by atoms with Crippen LogP contribution in [0.5, 0.6) is 0 Å². The lowest BCUT2D eigenvalue weighted by Gasteiger charge is -2.23. The van der Waals surface area contributed by atoms with E-state index in [0.29, 0.717) is 5.56 Å². The highest BCUT2D eigenvalue weighted by molar-refractivity contribution is 6.03. The molecule has 3 amide bonds. The Morgan fingerprint density at radius 3 is 2.21 bits per heavy atom. The quantitative estimate of drug-likeness (QED) is 0.366. The molecule has 178 valence electrons. The molecule has 0 unspecified atom stereocenters. The number of nitrogens with one attached hydrogen (secondary N) is 3. The SMILES string of the molecule is COC(=O)[C@H](Cc1ccccc1)NC(=O)[C@]1(NC(=O)CNC(=O)c2ccccc2)C[C@H]1C(=O)O. The van der Waals surface area contributed by atoms with Crippen molar-refractivity contribution in [2.45, 2.75) is 24.4 Å². The minimum absolute atomic E-state index is 0.119. The van der Waals surface area contributed by atoms with Gasteiger partial charge in [-0.2, -0.15) is 0 Å². The Balaban J connectivity index is 1.67. The number of esters is 1. The van der Waals surface area contributed by atoms with Gasteiger partial charge >= 0.3 is 11.9 Å². The average Bonchev–Trinajstić information content (AvgIpc) is 3.58. The van der Waals surface area contributed by atoms with E-state index in [1.807, 2.05) is 0 Å². The maximum atomic E-state index is 13.1. The van der Waals surface area contributed by atoms with Crippen LogP contribution in [0.3, 0.4) is 0 Å². The molecule has 0 radical (unpaired) electrons. The van der Waals surface area contributed by atoms with Crippen LogP contribution in [0.25, 0.3) is 0 Å². The highest BCUT2D eigenvalue weighted by Crippen LogP contribution is 2.44. The Morgan fingerprint density at radius 1 is 1.03 bits per heavy atom. The van der Waals surface area contributed by atoms with Crippen molar-refractivity contribution in [2.75, 3.05) is 13.7 Å². The molecule has 3 atom stereocenters. The minimum atomic E-state index is -1.73. The maximum absolute atomic E-state index is 13.1. The monoisotopic (exact) mass is 467 g/mol. The van der Waals surface area contributed by atoms with Crippen molar-refractivity contribution in [3.8, 4) is 0 Å². The summed E-state index contributed by atoms with van der Waals surface area (Å²) < 4.78 is 4.78. The van der Waals surface area contributed by atoms with Crippen molar-refractivity contribution in [3.63, 3.8) is 0 Å². The number of aliphatic carboxylic acids is 1. The molecule has 0 aliphatic heterocycles. The van der Waals surface area contributed by atoms with Gasteiger partial charge in [0.15, 0.2) is 0 Å². The van der Waals surface area contributed by atoms with Crippen LogP contribution >= 0.6 is 0 Å². The van der Waals surface area contributed by atoms with Gasteiger partial charge in [0.05, 0.1) is 19.6 Å². The Morgan fingerprint density at radius 2 is 1.65 bits per heavy atom. The third-order valence-electron chi connectivity index (χ3n) is 5.55. The molecule has 0 bridgehead atoms. The number of carbonyl (C=O) groups is 5. The van der Waals surface area contributed by atoms with E-state index >= 15 is 0 Å². The maximum Gasteiger partial charge on any atom is 0.328 e. The van der Waals surface area contributed by atoms with E-state index in [0.717, 1.165) is 5.56 Å². The molecule has 0 heterocycles. The van der Waals surface area contributed by atoms with Crippen molar-refractivity contribution in [1.29, 1.82) is 0 Å². The smallest absolute Gasteiger partial charge is 0.328 e. The Kier molecular flexibility index (Phi) is 7.62. The Bertz CT molecular complexity index is 1070. The fourth-order valence-electron chi connectivity index (χ4n) is 3.62. The molecule has 10 heteroatoms. The van der Waals surface area contributed by atoms with Gasteiger partial charge in [-0.3, -0.25) is 19.2 Å². The Hall–Kier alpha value is -4.21. The summed E-state index contributed by atoms with van der Waals surface area (Å²) in [6, 6.07) is 16.0. The lowest BCUT2D eigenvalue weighted by molar-refractivity contribution is -0.146. The van der Waals surface area contributed by atoms with Gasteiger partial charge in [-0.25, -0.2) is 4.79 Å². The zero-order chi connectivity index (χ0) is 24.7. The predicted octanol–water partition coefficient (Wildman–Crippen LogP) is 0.276. The van der Waals surface area contributed by atoms with E-state index in [4.69, 9.17) is 4.74 Å². The van der Waals surface area contributed by atoms with E-state index in [2.05, 4.69) is 16.0 Å². The summed E-state index contributed by atoms with van der Waals surface area (Å²) >= 11 is 0. The molecule has 0 saturated heterocycles. The van der Waals surface area contributed by atoms with Crippen LogP contribution in [-0.4, -0.2) is 60.0 Å². The highest BCUT2D eigenvalue weighted by Gasteiger charge is 2.65. The average molecular weight is 467 g/mol. The molecule has 1 fully saturated rings. The normalized spacial score (nSPS) is 19.3. The summed E-state index contributed by atoms with van der Waals surface area (Å²) in [5.74, 6) is -5.18. The fourth-order valence-corrected chi connectivity index (χ4v) is 3.62. The number of ether oxygens (including phenoxy) is 1. The highest BCUT2D eigenvalue weighted by atomic mass is 16.5. The summed E-state index contributed by atoms with van der Waals surface area (Å²) in [6.45, 7) is -0.459. The molecule has 1 aliphatic rings. The van der Waals surface area contributed by atoms with Gasteiger partial charge in [0.25, 0.3) is 5.91 Å². The van der Waals surface area contributed by atoms with Gasteiger partial charge in [0.1, 0.15) is 11.6 Å². The number of hydrogen-bond acceptors (Lipinski definition) is 6. The predicted molar refractivity (Wildman–Crippen MR) is 119 cm³/mol. The summed E-state index contributed by atoms with van der Waals surface area (Å²) in [5.41, 5.74) is -0.631. The molecule has 3 rings (SSSR count). The van der Waals surface area contributed by atoms with Crippen molar-refractivity contribution in [3.05, 3.63) is 71.8 Å². The Labute approximate surface area is 195 Å². The van der Waals surface area contributed by atoms with Crippen LogP contribution in [0, 0.1) is 5.92 Å². The fraction of sp³-hybridized carbons (Fsp3) is 0.292. The zero-order valence-electron chi connectivity index (χ0n) is 18.4. The minimum Gasteiger partial charge on any atom is -0.481 e. The van der Waals surface area contributed by atoms with E-state index in [1.165, 1.54) is 7.11 Å². The van der Waals surface area contributed by atoms with Crippen LogP contribution in [0.15, 0.2) is 60.7 Å². The molecule has 2 aromatic rings. The number of carboxylic acids is 1. The third-order valence-corrected chi connectivity index (χ3v) is 5.55. The van der Waals surface area contributed by atoms with E-state index in [9.17, 15) is 29.1 Å². The first-order valence-corrected chi connectivity index (χ1v) is 10.6. The van der Waals surface area contributed by atoms with Crippen molar-refractivity contribution in [2.24, 2.45) is 5.92 Å². The van der Waals surface area contributed by atoms with E-state index in [-0.39, 0.29) is 12.8 Å². The summed E-state index contributed by atoms with van der Waals surface area (Å²) in [4.78, 5) is 61.6. The van der Waals surface area contributed by atoms with Crippen LogP contribution in [-0.2, 0) is 30.3 Å². The van der Waals surface area contributed by atoms with Crippen LogP contribution < -0.4 is 16.0 Å². The number of benzene rings is 2. The molecule has 1 saturated carbocycles. The summed E-state index contributed by atoms with van der Waals surface area (Å²) in [7, 11) is 1.18. The molecule has 0 aromatic heterocycles. The second-order valence-electron chi connectivity index (χ2n) is 7.90. The molecule has 4 N–H and O–H groups in total. The number of carboxylic acid groups (broad SMARTS) is 1. The molecule has 10 nitrogen and oxygen atoms in total. The number of rotatable bonds is 10. The number of carbonyl (C=O) groups excluding carboxylic acids is 4. The van der Waals surface area contributed by atoms with Crippen LogP contribution in [0.2, 0.25) is 0 Å². The van der Waals surface area contributed by atoms with E-state index < -0.39 is 53.7 Å². The number of amides is 3. The summed E-state index contributed by atoms with van der Waals surface area (Å²) in [5, 5.41) is 16.8. The van der Waals surface area contributed by atoms with Crippen molar-refractivity contribution >= 4 is 29.7 Å². The van der Waals surface area contributed by atoms with Crippen LogP contribution in [0.4, 0.5) is 0 Å². The first-order valence-electron chi connectivity index (χ1n) is 10.6. The first-order chi connectivity index (χ1) is 16.3. The standard InChI is InChI=1S/C24H25N3O7/c1-34-22(32)18(12-15-8-4-2-5-9-15)26-23(33)24(13-17(24)21(30)31)27-19(28)14-25-20(29)16-10-6-3-7-11-16/h2-11,17-18H,12-14H2,1H3,(H,25,29)(H,26,33)(H,27,28)(H,30,31)/t17-,18-,24-/m0/s1. The second-order valence-corrected chi connectivity index (χ2v) is 7.90. The third kappa shape index (κ3) is 5.77. The summed E-state index contributed by atoms with van der Waals surface area (Å²) in [6.07, 6.45) is -0.0279. The molecule has 0 spiro atoms. The molecule has 2 aromatic carbocycles. The molecular weight excluding hydrogens is 442 g/mol. The van der Waals surface area contributed by atoms with Gasteiger partial charge in [0.2, 0.25) is 11.8 Å². The molecule has 34 heavy (non-hydrogen) atoms. The zero-order valence-corrected chi connectivity index (χ0v) is 18.4. The van der Waals surface area contributed by atoms with Gasteiger partial charge in [0, 0.05) is 12.0 Å². The van der Waals surface area contributed by atoms with Gasteiger partial charge in [-0.1, -0.05) is 48.5 Å². The second kappa shape index (κ2) is 10.6. The number of methoxy groups -OCH3 is 1. The van der Waals surface area contributed by atoms with Gasteiger partial charge < -0.3 is 25.8 Å². The van der Waals surface area contributed by atoms with Crippen molar-refractivity contribution < 1.29 is 33.8 Å².